The van der Waals surface area contributed by atoms with Gasteiger partial charge in [0.05, 0.1) is 6.61 Å². The Hall–Kier alpha value is -0.870. The third-order valence-corrected chi connectivity index (χ3v) is 4.19. The van der Waals surface area contributed by atoms with Gasteiger partial charge in [0.2, 0.25) is 5.91 Å². The van der Waals surface area contributed by atoms with E-state index in [4.69, 9.17) is 5.73 Å². The second-order valence-electron chi connectivity index (χ2n) is 4.54. The normalized spacial score (nSPS) is 29.2. The van der Waals surface area contributed by atoms with E-state index in [9.17, 15) is 9.90 Å². The van der Waals surface area contributed by atoms with Gasteiger partial charge in [0.1, 0.15) is 5.54 Å². The fraction of sp³-hybridized carbons (Fsp3) is 0.750. The van der Waals surface area contributed by atoms with E-state index >= 15 is 0 Å². The number of rotatable bonds is 4. The standard InChI is InChI=1S/C12H22N2O2/c1-4-11(5-2)7-6-8-12(9-15,10(13)16)14(11)3/h6,8,15H,4-5,7,9H2,1-3H3,(H2,13,16). The molecule has 0 bridgehead atoms. The Labute approximate surface area is 97.1 Å². The van der Waals surface area contributed by atoms with E-state index in [1.807, 2.05) is 18.0 Å². The summed E-state index contributed by atoms with van der Waals surface area (Å²) in [6.45, 7) is 3.93. The molecule has 1 aliphatic rings. The van der Waals surface area contributed by atoms with Crippen molar-refractivity contribution in [3.8, 4) is 0 Å². The molecule has 0 aromatic carbocycles. The van der Waals surface area contributed by atoms with Crippen LogP contribution in [0.5, 0.6) is 0 Å². The third kappa shape index (κ3) is 1.66. The minimum absolute atomic E-state index is 0.0769. The van der Waals surface area contributed by atoms with E-state index in [2.05, 4.69) is 13.8 Å². The third-order valence-electron chi connectivity index (χ3n) is 4.19. The first-order valence-electron chi connectivity index (χ1n) is 5.81. The second-order valence-corrected chi connectivity index (χ2v) is 4.54. The highest BCUT2D eigenvalue weighted by molar-refractivity contribution is 5.87. The summed E-state index contributed by atoms with van der Waals surface area (Å²) in [5.41, 5.74) is 4.33. The number of likely N-dealkylation sites (N-methyl/N-ethyl adjacent to an activating group) is 1. The highest BCUT2D eigenvalue weighted by Gasteiger charge is 2.48. The highest BCUT2D eigenvalue weighted by Crippen LogP contribution is 2.37. The zero-order valence-corrected chi connectivity index (χ0v) is 10.4. The zero-order valence-electron chi connectivity index (χ0n) is 10.4. The van der Waals surface area contributed by atoms with Crippen LogP contribution < -0.4 is 5.73 Å². The first-order chi connectivity index (χ1) is 7.49. The van der Waals surface area contributed by atoms with Crippen molar-refractivity contribution in [3.05, 3.63) is 12.2 Å². The molecule has 16 heavy (non-hydrogen) atoms. The van der Waals surface area contributed by atoms with Crippen molar-refractivity contribution >= 4 is 5.91 Å². The van der Waals surface area contributed by atoms with Gasteiger partial charge in [0, 0.05) is 5.54 Å². The van der Waals surface area contributed by atoms with Crippen LogP contribution in [0.4, 0.5) is 0 Å². The summed E-state index contributed by atoms with van der Waals surface area (Å²) in [5.74, 6) is -0.486. The quantitative estimate of drug-likeness (QED) is 0.692. The maximum Gasteiger partial charge on any atom is 0.244 e. The highest BCUT2D eigenvalue weighted by atomic mass is 16.3. The fourth-order valence-corrected chi connectivity index (χ4v) is 2.64. The smallest absolute Gasteiger partial charge is 0.244 e. The van der Waals surface area contributed by atoms with Crippen molar-refractivity contribution in [2.24, 2.45) is 5.73 Å². The Balaban J connectivity index is 3.20. The maximum atomic E-state index is 11.6. The predicted octanol–water partition coefficient (Wildman–Crippen LogP) is 0.653. The van der Waals surface area contributed by atoms with Crippen molar-refractivity contribution in [2.45, 2.75) is 44.2 Å². The van der Waals surface area contributed by atoms with Gasteiger partial charge in [-0.25, -0.2) is 0 Å². The number of aliphatic hydroxyl groups is 1. The zero-order chi connectivity index (χ0) is 12.4. The Bertz CT molecular complexity index is 297. The molecule has 0 aliphatic carbocycles. The van der Waals surface area contributed by atoms with E-state index < -0.39 is 11.4 Å². The van der Waals surface area contributed by atoms with Gasteiger partial charge in [-0.05, 0) is 26.3 Å². The summed E-state index contributed by atoms with van der Waals surface area (Å²) >= 11 is 0. The summed E-state index contributed by atoms with van der Waals surface area (Å²) in [7, 11) is 1.87. The lowest BCUT2D eigenvalue weighted by atomic mass is 9.78. The lowest BCUT2D eigenvalue weighted by Gasteiger charge is -2.51. The van der Waals surface area contributed by atoms with Crippen LogP contribution in [0.3, 0.4) is 0 Å². The molecule has 1 amide bonds. The van der Waals surface area contributed by atoms with E-state index in [1.165, 1.54) is 0 Å². The topological polar surface area (TPSA) is 66.6 Å². The van der Waals surface area contributed by atoms with Gasteiger partial charge in [-0.3, -0.25) is 9.69 Å². The molecule has 1 atom stereocenters. The fourth-order valence-electron chi connectivity index (χ4n) is 2.64. The molecule has 0 radical (unpaired) electrons. The lowest BCUT2D eigenvalue weighted by Crippen LogP contribution is -2.66. The Kier molecular flexibility index (Phi) is 3.76. The SMILES string of the molecule is CCC1(CC)CC=CC(CO)(C(N)=O)N1C. The molecule has 1 heterocycles. The molecule has 1 rings (SSSR count). The molecular weight excluding hydrogens is 204 g/mol. The summed E-state index contributed by atoms with van der Waals surface area (Å²) in [4.78, 5) is 13.6. The molecule has 0 saturated carbocycles. The molecule has 0 aromatic rings. The number of carbonyl (C=O) groups excluding carboxylic acids is 1. The van der Waals surface area contributed by atoms with Gasteiger partial charge in [-0.1, -0.05) is 26.0 Å². The van der Waals surface area contributed by atoms with Crippen molar-refractivity contribution < 1.29 is 9.90 Å². The number of hydrogen-bond acceptors (Lipinski definition) is 3. The Morgan fingerprint density at radius 1 is 1.50 bits per heavy atom. The molecule has 4 heteroatoms. The number of nitrogens with two attached hydrogens (primary N) is 1. The van der Waals surface area contributed by atoms with Crippen LogP contribution in [-0.2, 0) is 4.79 Å². The molecule has 1 unspecified atom stereocenters. The monoisotopic (exact) mass is 226 g/mol. The van der Waals surface area contributed by atoms with E-state index in [1.54, 1.807) is 6.08 Å². The van der Waals surface area contributed by atoms with Crippen LogP contribution in [0.2, 0.25) is 0 Å². The van der Waals surface area contributed by atoms with Crippen LogP contribution in [-0.4, -0.2) is 40.6 Å². The molecule has 0 spiro atoms. The summed E-state index contributed by atoms with van der Waals surface area (Å²) in [6.07, 6.45) is 6.46. The molecule has 1 aliphatic heterocycles. The Morgan fingerprint density at radius 2 is 2.06 bits per heavy atom. The van der Waals surface area contributed by atoms with E-state index in [0.717, 1.165) is 19.3 Å². The molecule has 3 N–H and O–H groups in total. The molecule has 92 valence electrons. The number of amides is 1. The number of aliphatic hydroxyl groups excluding tert-OH is 1. The van der Waals surface area contributed by atoms with Crippen molar-refractivity contribution in [3.63, 3.8) is 0 Å². The molecule has 0 aromatic heterocycles. The van der Waals surface area contributed by atoms with Crippen LogP contribution in [0.1, 0.15) is 33.1 Å². The number of hydrogen-bond donors (Lipinski definition) is 2. The maximum absolute atomic E-state index is 11.6. The lowest BCUT2D eigenvalue weighted by molar-refractivity contribution is -0.134. The Morgan fingerprint density at radius 3 is 2.44 bits per heavy atom. The first-order valence-corrected chi connectivity index (χ1v) is 5.81. The first kappa shape index (κ1) is 13.2. The predicted molar refractivity (Wildman–Crippen MR) is 63.8 cm³/mol. The minimum Gasteiger partial charge on any atom is -0.394 e. The van der Waals surface area contributed by atoms with Crippen LogP contribution >= 0.6 is 0 Å². The number of carbonyl (C=O) groups is 1. The van der Waals surface area contributed by atoms with Gasteiger partial charge in [0.25, 0.3) is 0 Å². The number of nitrogens with zero attached hydrogens (tertiary/aromatic N) is 1. The van der Waals surface area contributed by atoms with Crippen LogP contribution in [0.25, 0.3) is 0 Å². The summed E-state index contributed by atoms with van der Waals surface area (Å²) < 4.78 is 0. The largest absolute Gasteiger partial charge is 0.394 e. The van der Waals surface area contributed by atoms with Crippen LogP contribution in [0, 0.1) is 0 Å². The van der Waals surface area contributed by atoms with Gasteiger partial charge in [0.15, 0.2) is 0 Å². The van der Waals surface area contributed by atoms with Gasteiger partial charge >= 0.3 is 0 Å². The second kappa shape index (κ2) is 4.55. The molecule has 0 saturated heterocycles. The summed E-state index contributed by atoms with van der Waals surface area (Å²) in [5, 5.41) is 9.51. The average molecular weight is 226 g/mol. The van der Waals surface area contributed by atoms with Crippen molar-refractivity contribution in [1.82, 2.24) is 4.90 Å². The van der Waals surface area contributed by atoms with Crippen molar-refractivity contribution in [2.75, 3.05) is 13.7 Å². The van der Waals surface area contributed by atoms with Gasteiger partial charge in [-0.15, -0.1) is 0 Å². The molecular formula is C12H22N2O2. The number of primary amides is 1. The van der Waals surface area contributed by atoms with Gasteiger partial charge < -0.3 is 10.8 Å². The molecule has 4 nitrogen and oxygen atoms in total. The summed E-state index contributed by atoms with van der Waals surface area (Å²) in [6, 6.07) is 0. The van der Waals surface area contributed by atoms with Crippen LogP contribution in [0.15, 0.2) is 12.2 Å². The average Bonchev–Trinajstić information content (AvgIpc) is 2.30. The van der Waals surface area contributed by atoms with E-state index in [-0.39, 0.29) is 12.1 Å². The minimum atomic E-state index is -1.04. The van der Waals surface area contributed by atoms with E-state index in [0.29, 0.717) is 0 Å². The molecule has 0 fully saturated rings. The van der Waals surface area contributed by atoms with Gasteiger partial charge in [-0.2, -0.15) is 0 Å². The van der Waals surface area contributed by atoms with Crippen molar-refractivity contribution in [1.29, 1.82) is 0 Å².